The molecule has 0 bridgehead atoms. The first-order valence-electron chi connectivity index (χ1n) is 23.5. The zero-order chi connectivity index (χ0) is 42.8. The lowest BCUT2D eigenvalue weighted by molar-refractivity contribution is 0.332. The molecule has 310 valence electrons. The Bertz CT molecular complexity index is 3030. The molecule has 11 rings (SSSR count). The first kappa shape index (κ1) is 39.1. The first-order chi connectivity index (χ1) is 28.7. The summed E-state index contributed by atoms with van der Waals surface area (Å²) in [5.74, 6) is 0. The first-order valence-corrected chi connectivity index (χ1v) is 23.5. The van der Waals surface area contributed by atoms with Crippen LogP contribution >= 0.6 is 0 Å². The van der Waals surface area contributed by atoms with Crippen LogP contribution in [-0.2, 0) is 32.5 Å². The van der Waals surface area contributed by atoms with Crippen LogP contribution < -0.4 is 16.2 Å². The van der Waals surface area contributed by atoms with Crippen molar-refractivity contribution in [2.45, 2.75) is 154 Å². The smallest absolute Gasteiger partial charge is 0.198 e. The molecule has 3 heteroatoms. The Hall–Kier alpha value is -4.76. The van der Waals surface area contributed by atoms with Gasteiger partial charge in [-0.05, 0) is 163 Å². The van der Waals surface area contributed by atoms with Gasteiger partial charge < -0.3 is 9.88 Å². The van der Waals surface area contributed by atoms with Gasteiger partial charge in [-0.25, -0.2) is 0 Å². The van der Waals surface area contributed by atoms with Crippen LogP contribution in [0.25, 0.3) is 49.4 Å². The van der Waals surface area contributed by atoms with Crippen molar-refractivity contribution in [1.29, 1.82) is 0 Å². The van der Waals surface area contributed by atoms with E-state index in [2.05, 4.69) is 184 Å². The largest absolute Gasteiger partial charge is 0.355 e. The summed E-state index contributed by atoms with van der Waals surface area (Å²) in [7, 11) is 0.902. The van der Waals surface area contributed by atoms with Crippen molar-refractivity contribution in [3.8, 4) is 16.8 Å². The van der Waals surface area contributed by atoms with E-state index in [4.69, 9.17) is 0 Å². The van der Waals surface area contributed by atoms with Crippen LogP contribution in [0.2, 0.25) is 0 Å². The fourth-order valence-electron chi connectivity index (χ4n) is 12.7. The standard InChI is InChI=1S/C58H65BN2/c1-53(2)23-24-54(3,4)40-29-34(21-22-39(40)53)60-46-32-43-41(55(5,6)25-27-57(43,9)10)30-38(46)49-35-17-13-14-18-36(35)50-37-19-15-16-20-47(37)61-48-33-44-42(31-45(48)59-51(49)52(50)61)56(7,8)26-28-58(44,11)12/h13-22,29-33,59-60H,23-28H2,1-12H3. The Balaban J connectivity index is 1.25. The van der Waals surface area contributed by atoms with Crippen molar-refractivity contribution in [3.63, 3.8) is 0 Å². The number of hydrogen-bond donors (Lipinski definition) is 1. The normalized spacial score (nSPS) is 20.7. The number of anilines is 2. The summed E-state index contributed by atoms with van der Waals surface area (Å²) in [6, 6.07) is 36.4. The minimum absolute atomic E-state index is 0.0651. The van der Waals surface area contributed by atoms with Gasteiger partial charge in [-0.1, -0.05) is 143 Å². The Morgan fingerprint density at radius 1 is 0.475 bits per heavy atom. The van der Waals surface area contributed by atoms with Gasteiger partial charge in [-0.2, -0.15) is 0 Å². The third-order valence-electron chi connectivity index (χ3n) is 17.0. The van der Waals surface area contributed by atoms with Gasteiger partial charge in [0.15, 0.2) is 7.28 Å². The third-order valence-corrected chi connectivity index (χ3v) is 17.0. The molecule has 2 nitrogen and oxygen atoms in total. The maximum atomic E-state index is 4.20. The lowest BCUT2D eigenvalue weighted by Crippen LogP contribution is -2.41. The number of para-hydroxylation sites is 1. The topological polar surface area (TPSA) is 17.0 Å². The molecule has 1 N–H and O–H groups in total. The highest BCUT2D eigenvalue weighted by molar-refractivity contribution is 6.74. The predicted molar refractivity (Wildman–Crippen MR) is 266 cm³/mol. The molecule has 0 atom stereocenters. The van der Waals surface area contributed by atoms with Crippen LogP contribution in [0, 0.1) is 0 Å². The zero-order valence-electron chi connectivity index (χ0n) is 39.1. The van der Waals surface area contributed by atoms with Crippen LogP contribution in [0.15, 0.2) is 91.0 Å². The molecule has 0 unspecified atom stereocenters. The van der Waals surface area contributed by atoms with Crippen LogP contribution in [0.5, 0.6) is 0 Å². The minimum atomic E-state index is 0.0651. The van der Waals surface area contributed by atoms with Gasteiger partial charge in [0, 0.05) is 38.9 Å². The van der Waals surface area contributed by atoms with Gasteiger partial charge in [0.1, 0.15) is 0 Å². The number of benzene rings is 6. The SMILES string of the molecule is CC1(C)CCC(C)(C)c2cc(Nc3cc4c(cc3-c3c5c6c(c7ccccc37)c3ccccc3n6-c3cc6c(cc3B5)C(C)(C)CCC6(C)C)C(C)(C)CCC4(C)C)ccc21. The van der Waals surface area contributed by atoms with Crippen LogP contribution in [-0.4, -0.2) is 11.8 Å². The fourth-order valence-corrected chi connectivity index (χ4v) is 12.7. The molecule has 1 aliphatic heterocycles. The molecule has 0 fully saturated rings. The molecule has 0 saturated carbocycles. The quantitative estimate of drug-likeness (QED) is 0.176. The van der Waals surface area contributed by atoms with Crippen LogP contribution in [0.4, 0.5) is 11.4 Å². The zero-order valence-corrected chi connectivity index (χ0v) is 39.1. The molecule has 3 aliphatic carbocycles. The summed E-state index contributed by atoms with van der Waals surface area (Å²) in [4.78, 5) is 0. The van der Waals surface area contributed by atoms with Crippen molar-refractivity contribution < 1.29 is 0 Å². The summed E-state index contributed by atoms with van der Waals surface area (Å²) in [6.45, 7) is 29.6. The number of hydrogen-bond acceptors (Lipinski definition) is 1. The van der Waals surface area contributed by atoms with Gasteiger partial charge in [0.05, 0.1) is 5.52 Å². The number of rotatable bonds is 3. The van der Waals surface area contributed by atoms with E-state index in [1.54, 1.807) is 5.56 Å². The highest BCUT2D eigenvalue weighted by Gasteiger charge is 2.42. The molecule has 0 spiro atoms. The van der Waals surface area contributed by atoms with Crippen molar-refractivity contribution in [2.24, 2.45) is 0 Å². The lowest BCUT2D eigenvalue weighted by atomic mass is 9.55. The van der Waals surface area contributed by atoms with Crippen LogP contribution in [0.1, 0.15) is 155 Å². The third kappa shape index (κ3) is 5.60. The summed E-state index contributed by atoms with van der Waals surface area (Å²) in [6.07, 6.45) is 7.20. The van der Waals surface area contributed by atoms with E-state index >= 15 is 0 Å². The molecule has 61 heavy (non-hydrogen) atoms. The van der Waals surface area contributed by atoms with E-state index < -0.39 is 0 Å². The van der Waals surface area contributed by atoms with E-state index in [0.717, 1.165) is 7.28 Å². The summed E-state index contributed by atoms with van der Waals surface area (Å²) in [5.41, 5.74) is 21.9. The molecular formula is C58H65BN2. The summed E-state index contributed by atoms with van der Waals surface area (Å²) < 4.78 is 2.68. The molecule has 0 amide bonds. The molecule has 2 heterocycles. The molecule has 1 aromatic heterocycles. The van der Waals surface area contributed by atoms with Gasteiger partial charge >= 0.3 is 0 Å². The van der Waals surface area contributed by atoms with E-state index in [1.165, 1.54) is 138 Å². The average Bonchev–Trinajstić information content (AvgIpc) is 3.56. The fraction of sp³-hybridized carbons (Fsp3) is 0.414. The Morgan fingerprint density at radius 2 is 0.967 bits per heavy atom. The van der Waals surface area contributed by atoms with Crippen LogP contribution in [0.3, 0.4) is 0 Å². The highest BCUT2D eigenvalue weighted by atomic mass is 15.0. The number of aromatic nitrogens is 1. The lowest BCUT2D eigenvalue weighted by Gasteiger charge is -2.43. The second kappa shape index (κ2) is 12.5. The Morgan fingerprint density at radius 3 is 1.59 bits per heavy atom. The molecule has 0 radical (unpaired) electrons. The second-order valence-corrected chi connectivity index (χ2v) is 23.8. The Kier molecular flexibility index (Phi) is 7.99. The molecular weight excluding hydrogens is 735 g/mol. The maximum absolute atomic E-state index is 4.20. The van der Waals surface area contributed by atoms with Gasteiger partial charge in [0.2, 0.25) is 0 Å². The molecule has 7 aromatic rings. The summed E-state index contributed by atoms with van der Waals surface area (Å²) in [5, 5.41) is 9.62. The second-order valence-electron chi connectivity index (χ2n) is 23.8. The van der Waals surface area contributed by atoms with Crippen molar-refractivity contribution in [3.05, 3.63) is 124 Å². The molecule has 0 saturated heterocycles. The monoisotopic (exact) mass is 801 g/mol. The van der Waals surface area contributed by atoms with Crippen molar-refractivity contribution in [2.75, 3.05) is 5.32 Å². The van der Waals surface area contributed by atoms with Gasteiger partial charge in [0.25, 0.3) is 0 Å². The maximum Gasteiger partial charge on any atom is 0.198 e. The van der Waals surface area contributed by atoms with Crippen molar-refractivity contribution in [1.82, 2.24) is 4.57 Å². The predicted octanol–water partition coefficient (Wildman–Crippen LogP) is 14.1. The molecule has 4 aliphatic rings. The highest BCUT2D eigenvalue weighted by Crippen LogP contribution is 2.53. The average molecular weight is 801 g/mol. The summed E-state index contributed by atoms with van der Waals surface area (Å²) >= 11 is 0. The molecule has 6 aromatic carbocycles. The van der Waals surface area contributed by atoms with E-state index in [0.29, 0.717) is 0 Å². The van der Waals surface area contributed by atoms with E-state index in [9.17, 15) is 0 Å². The van der Waals surface area contributed by atoms with Crippen molar-refractivity contribution >= 4 is 62.2 Å². The van der Waals surface area contributed by atoms with E-state index in [-0.39, 0.29) is 32.5 Å². The number of nitrogens with zero attached hydrogens (tertiary/aromatic N) is 1. The minimum Gasteiger partial charge on any atom is -0.355 e. The van der Waals surface area contributed by atoms with Gasteiger partial charge in [-0.3, -0.25) is 0 Å². The van der Waals surface area contributed by atoms with Gasteiger partial charge in [-0.15, -0.1) is 0 Å². The number of fused-ring (bicyclic) bond motifs is 10. The number of nitrogens with one attached hydrogen (secondary N) is 1. The Labute approximate surface area is 365 Å². The van der Waals surface area contributed by atoms with E-state index in [1.807, 2.05) is 0 Å².